The number of nitrogens with zero attached hydrogens (tertiary/aromatic N) is 2. The number of ether oxygens (including phenoxy) is 3. The standard InChI is InChI=1S/C28H26N2O6S/c1-5-15-35-21-13-11-19(12-14-21)25-24(27(33)34-6-2)17(3)29-28-30(25)26(32)23(37-28)16-20-9-7-8-10-22(20)36-18(4)31/h5,7-14,16,25H,1,6,15H2,2-4H3/b23-16-/t25-/m0/s1. The van der Waals surface area contributed by atoms with Crippen molar-refractivity contribution in [2.75, 3.05) is 13.2 Å². The van der Waals surface area contributed by atoms with Crippen molar-refractivity contribution < 1.29 is 23.8 Å². The van der Waals surface area contributed by atoms with E-state index in [4.69, 9.17) is 14.2 Å². The molecule has 9 heteroatoms. The lowest BCUT2D eigenvalue weighted by atomic mass is 9.96. The number of fused-ring (bicyclic) bond motifs is 1. The maximum atomic E-state index is 13.7. The van der Waals surface area contributed by atoms with Crippen LogP contribution >= 0.6 is 11.3 Å². The molecule has 1 aliphatic heterocycles. The van der Waals surface area contributed by atoms with Gasteiger partial charge in [-0.1, -0.05) is 54.3 Å². The van der Waals surface area contributed by atoms with Crippen molar-refractivity contribution in [1.29, 1.82) is 0 Å². The zero-order chi connectivity index (χ0) is 26.5. The second-order valence-electron chi connectivity index (χ2n) is 8.10. The number of aromatic nitrogens is 1. The Bertz CT molecular complexity index is 1560. The van der Waals surface area contributed by atoms with Gasteiger partial charge in [-0.3, -0.25) is 14.2 Å². The summed E-state index contributed by atoms with van der Waals surface area (Å²) in [6.07, 6.45) is 3.31. The molecule has 0 radical (unpaired) electrons. The minimum Gasteiger partial charge on any atom is -0.490 e. The number of carbonyl (C=O) groups is 2. The predicted molar refractivity (Wildman–Crippen MR) is 140 cm³/mol. The summed E-state index contributed by atoms with van der Waals surface area (Å²) in [6, 6.07) is 13.4. The van der Waals surface area contributed by atoms with Gasteiger partial charge >= 0.3 is 11.9 Å². The van der Waals surface area contributed by atoms with E-state index in [1.165, 1.54) is 22.8 Å². The molecular weight excluding hydrogens is 492 g/mol. The van der Waals surface area contributed by atoms with Crippen LogP contribution < -0.4 is 24.4 Å². The molecule has 0 saturated heterocycles. The van der Waals surface area contributed by atoms with Crippen molar-refractivity contribution in [3.8, 4) is 11.5 Å². The van der Waals surface area contributed by atoms with Gasteiger partial charge in [-0.05, 0) is 43.7 Å². The fourth-order valence-electron chi connectivity index (χ4n) is 4.00. The van der Waals surface area contributed by atoms with Crippen molar-refractivity contribution in [2.45, 2.75) is 26.8 Å². The third-order valence-electron chi connectivity index (χ3n) is 5.54. The number of rotatable bonds is 8. The van der Waals surface area contributed by atoms with Crippen LogP contribution in [0.5, 0.6) is 11.5 Å². The summed E-state index contributed by atoms with van der Waals surface area (Å²) >= 11 is 1.19. The van der Waals surface area contributed by atoms with E-state index < -0.39 is 18.0 Å². The van der Waals surface area contributed by atoms with Crippen LogP contribution in [0.3, 0.4) is 0 Å². The number of esters is 2. The van der Waals surface area contributed by atoms with E-state index in [0.717, 1.165) is 0 Å². The summed E-state index contributed by atoms with van der Waals surface area (Å²) in [7, 11) is 0. The molecule has 1 aliphatic rings. The second-order valence-corrected chi connectivity index (χ2v) is 9.11. The molecule has 0 fully saturated rings. The molecule has 2 heterocycles. The summed E-state index contributed by atoms with van der Waals surface area (Å²) < 4.78 is 18.1. The van der Waals surface area contributed by atoms with Gasteiger partial charge in [0.05, 0.1) is 28.5 Å². The fraction of sp³-hybridized carbons (Fsp3) is 0.214. The van der Waals surface area contributed by atoms with Gasteiger partial charge < -0.3 is 14.2 Å². The van der Waals surface area contributed by atoms with Crippen LogP contribution in [0.15, 0.2) is 82.2 Å². The number of carbonyl (C=O) groups excluding carboxylic acids is 2. The van der Waals surface area contributed by atoms with Gasteiger partial charge in [-0.25, -0.2) is 9.79 Å². The first-order valence-corrected chi connectivity index (χ1v) is 12.5. The Morgan fingerprint density at radius 2 is 1.89 bits per heavy atom. The monoisotopic (exact) mass is 518 g/mol. The first kappa shape index (κ1) is 25.8. The van der Waals surface area contributed by atoms with E-state index >= 15 is 0 Å². The Balaban J connectivity index is 1.89. The minimum atomic E-state index is -0.741. The molecule has 0 amide bonds. The number of hydrogen-bond acceptors (Lipinski definition) is 8. The third-order valence-corrected chi connectivity index (χ3v) is 6.52. The van der Waals surface area contributed by atoms with Crippen molar-refractivity contribution in [1.82, 2.24) is 4.57 Å². The third kappa shape index (κ3) is 5.46. The summed E-state index contributed by atoms with van der Waals surface area (Å²) in [5.74, 6) is -0.0137. The quantitative estimate of drug-likeness (QED) is 0.258. The normalized spacial score (nSPS) is 15.0. The molecule has 0 spiro atoms. The highest BCUT2D eigenvalue weighted by molar-refractivity contribution is 7.07. The SMILES string of the molecule is C=CCOc1ccc([C@H]2C(C(=O)OCC)=C(C)N=c3s/c(=C\c4ccccc4OC(C)=O)c(=O)n32)cc1. The highest BCUT2D eigenvalue weighted by Crippen LogP contribution is 2.31. The van der Waals surface area contributed by atoms with Crippen molar-refractivity contribution in [2.24, 2.45) is 4.99 Å². The topological polar surface area (TPSA) is 96.2 Å². The van der Waals surface area contributed by atoms with E-state index in [1.54, 1.807) is 62.4 Å². The molecule has 2 aromatic carbocycles. The van der Waals surface area contributed by atoms with Crippen molar-refractivity contribution in [3.63, 3.8) is 0 Å². The van der Waals surface area contributed by atoms with Crippen molar-refractivity contribution in [3.05, 3.63) is 103 Å². The van der Waals surface area contributed by atoms with Crippen LogP contribution in [0.1, 0.15) is 37.9 Å². The lowest BCUT2D eigenvalue weighted by Crippen LogP contribution is -2.39. The van der Waals surface area contributed by atoms with Gasteiger partial charge in [0.1, 0.15) is 18.1 Å². The van der Waals surface area contributed by atoms with E-state index in [-0.39, 0.29) is 12.2 Å². The zero-order valence-corrected chi connectivity index (χ0v) is 21.5. The average molecular weight is 519 g/mol. The van der Waals surface area contributed by atoms with E-state index in [0.29, 0.717) is 49.8 Å². The number of benzene rings is 2. The summed E-state index contributed by atoms with van der Waals surface area (Å²) in [6.45, 7) is 8.97. The van der Waals surface area contributed by atoms with Crippen LogP contribution in [-0.4, -0.2) is 29.7 Å². The van der Waals surface area contributed by atoms with Crippen LogP contribution in [-0.2, 0) is 14.3 Å². The number of para-hydroxylation sites is 1. The predicted octanol–water partition coefficient (Wildman–Crippen LogP) is 3.29. The van der Waals surface area contributed by atoms with Gasteiger partial charge in [0.15, 0.2) is 4.80 Å². The molecule has 3 aromatic rings. The molecule has 0 saturated carbocycles. The molecule has 0 unspecified atom stereocenters. The summed E-state index contributed by atoms with van der Waals surface area (Å²) in [5, 5.41) is 0. The van der Waals surface area contributed by atoms with Crippen LogP contribution in [0.4, 0.5) is 0 Å². The fourth-order valence-corrected chi connectivity index (χ4v) is 5.03. The molecular formula is C28H26N2O6S. The lowest BCUT2D eigenvalue weighted by Gasteiger charge is -2.24. The van der Waals surface area contributed by atoms with Gasteiger partial charge in [0.25, 0.3) is 5.56 Å². The summed E-state index contributed by atoms with van der Waals surface area (Å²) in [4.78, 5) is 43.3. The maximum Gasteiger partial charge on any atom is 0.338 e. The van der Waals surface area contributed by atoms with Gasteiger partial charge in [0, 0.05) is 12.5 Å². The molecule has 8 nitrogen and oxygen atoms in total. The Kier molecular flexibility index (Phi) is 7.83. The lowest BCUT2D eigenvalue weighted by molar-refractivity contribution is -0.139. The zero-order valence-electron chi connectivity index (χ0n) is 20.7. The largest absolute Gasteiger partial charge is 0.490 e. The Hall–Kier alpha value is -4.24. The van der Waals surface area contributed by atoms with Crippen LogP contribution in [0, 0.1) is 0 Å². The van der Waals surface area contributed by atoms with E-state index in [2.05, 4.69) is 11.6 Å². The first-order valence-electron chi connectivity index (χ1n) is 11.6. The number of thiazole rings is 1. The number of hydrogen-bond donors (Lipinski definition) is 0. The highest BCUT2D eigenvalue weighted by Gasteiger charge is 2.33. The van der Waals surface area contributed by atoms with Gasteiger partial charge in [0.2, 0.25) is 0 Å². The highest BCUT2D eigenvalue weighted by atomic mass is 32.1. The molecule has 1 aromatic heterocycles. The van der Waals surface area contributed by atoms with Crippen molar-refractivity contribution >= 4 is 29.4 Å². The second kappa shape index (κ2) is 11.2. The molecule has 0 N–H and O–H groups in total. The molecule has 1 atom stereocenters. The van der Waals surface area contributed by atoms with E-state index in [9.17, 15) is 14.4 Å². The summed E-state index contributed by atoms with van der Waals surface area (Å²) in [5.41, 5.74) is 1.72. The molecule has 0 aliphatic carbocycles. The molecule has 37 heavy (non-hydrogen) atoms. The average Bonchev–Trinajstić information content (AvgIpc) is 3.17. The Morgan fingerprint density at radius 1 is 1.16 bits per heavy atom. The maximum absolute atomic E-state index is 13.7. The molecule has 190 valence electrons. The van der Waals surface area contributed by atoms with Gasteiger partial charge in [-0.2, -0.15) is 0 Å². The Labute approximate surface area is 217 Å². The Morgan fingerprint density at radius 3 is 2.57 bits per heavy atom. The van der Waals surface area contributed by atoms with Crippen LogP contribution in [0.2, 0.25) is 0 Å². The van der Waals surface area contributed by atoms with Crippen LogP contribution in [0.25, 0.3) is 6.08 Å². The van der Waals surface area contributed by atoms with Gasteiger partial charge in [-0.15, -0.1) is 0 Å². The number of allylic oxidation sites excluding steroid dienone is 1. The molecule has 4 rings (SSSR count). The minimum absolute atomic E-state index is 0.189. The molecule has 0 bridgehead atoms. The smallest absolute Gasteiger partial charge is 0.338 e. The van der Waals surface area contributed by atoms with E-state index in [1.807, 2.05) is 12.1 Å². The first-order chi connectivity index (χ1) is 17.8.